The first-order valence-corrected chi connectivity index (χ1v) is 5.49. The number of carboxylic acids is 1. The fourth-order valence-electron chi connectivity index (χ4n) is 1.44. The van der Waals surface area contributed by atoms with Crippen molar-refractivity contribution in [2.75, 3.05) is 6.79 Å². The van der Waals surface area contributed by atoms with Crippen LogP contribution in [0.25, 0.3) is 0 Å². The van der Waals surface area contributed by atoms with Crippen LogP contribution in [0.2, 0.25) is 5.02 Å². The molecule has 1 aliphatic heterocycles. The predicted molar refractivity (Wildman–Crippen MR) is 62.1 cm³/mol. The maximum absolute atomic E-state index is 11.8. The van der Waals surface area contributed by atoms with E-state index in [2.05, 4.69) is 5.32 Å². The highest BCUT2D eigenvalue weighted by molar-refractivity contribution is 6.32. The Balaban J connectivity index is 2.21. The highest BCUT2D eigenvalue weighted by Gasteiger charge is 2.22. The Morgan fingerprint density at radius 1 is 1.44 bits per heavy atom. The number of ether oxygens (including phenoxy) is 2. The quantitative estimate of drug-likeness (QED) is 0.865. The van der Waals surface area contributed by atoms with Gasteiger partial charge in [-0.25, -0.2) is 0 Å². The summed E-state index contributed by atoms with van der Waals surface area (Å²) in [6.45, 7) is 1.42. The molecule has 6 nitrogen and oxygen atoms in total. The SMILES string of the molecule is CC(NC(=O)c1cc(Cl)c2c(c1)OCO2)C(=O)O. The van der Waals surface area contributed by atoms with Crippen molar-refractivity contribution in [3.63, 3.8) is 0 Å². The molecule has 1 unspecified atom stereocenters. The summed E-state index contributed by atoms with van der Waals surface area (Å²) >= 11 is 5.92. The minimum absolute atomic E-state index is 0.0473. The number of amides is 1. The molecule has 0 radical (unpaired) electrons. The molecule has 0 spiro atoms. The summed E-state index contributed by atoms with van der Waals surface area (Å²) in [4.78, 5) is 22.4. The van der Waals surface area contributed by atoms with Gasteiger partial charge in [-0.2, -0.15) is 0 Å². The van der Waals surface area contributed by atoms with E-state index < -0.39 is 17.9 Å². The first-order valence-electron chi connectivity index (χ1n) is 5.12. The lowest BCUT2D eigenvalue weighted by atomic mass is 10.1. The number of nitrogens with one attached hydrogen (secondary N) is 1. The second-order valence-electron chi connectivity index (χ2n) is 3.73. The largest absolute Gasteiger partial charge is 0.480 e. The third kappa shape index (κ3) is 2.33. The Morgan fingerprint density at radius 2 is 2.17 bits per heavy atom. The van der Waals surface area contributed by atoms with Crippen LogP contribution in [0.4, 0.5) is 0 Å². The molecule has 18 heavy (non-hydrogen) atoms. The standard InChI is InChI=1S/C11H10ClNO5/c1-5(11(15)16)13-10(14)6-2-7(12)9-8(3-6)17-4-18-9/h2-3,5H,4H2,1H3,(H,13,14)(H,15,16). The summed E-state index contributed by atoms with van der Waals surface area (Å²) in [6, 6.07) is 1.87. The first-order chi connectivity index (χ1) is 8.49. The Morgan fingerprint density at radius 3 is 2.83 bits per heavy atom. The molecule has 1 aliphatic rings. The van der Waals surface area contributed by atoms with Gasteiger partial charge in [0, 0.05) is 5.56 Å². The maximum atomic E-state index is 11.8. The topological polar surface area (TPSA) is 84.9 Å². The van der Waals surface area contributed by atoms with E-state index in [0.29, 0.717) is 11.5 Å². The van der Waals surface area contributed by atoms with Crippen molar-refractivity contribution < 1.29 is 24.2 Å². The van der Waals surface area contributed by atoms with Crippen LogP contribution in [0.5, 0.6) is 11.5 Å². The summed E-state index contributed by atoms with van der Waals surface area (Å²) in [5.74, 6) is -0.893. The number of carboxylic acid groups (broad SMARTS) is 1. The molecule has 0 bridgehead atoms. The number of fused-ring (bicyclic) bond motifs is 1. The Hall–Kier alpha value is -1.95. The number of carbonyl (C=O) groups excluding carboxylic acids is 1. The van der Waals surface area contributed by atoms with Crippen molar-refractivity contribution in [1.82, 2.24) is 5.32 Å². The van der Waals surface area contributed by atoms with Crippen LogP contribution in [0, 0.1) is 0 Å². The van der Waals surface area contributed by atoms with Crippen molar-refractivity contribution in [3.05, 3.63) is 22.7 Å². The van der Waals surface area contributed by atoms with Gasteiger partial charge in [-0.05, 0) is 19.1 Å². The molecule has 2 N–H and O–H groups in total. The third-order valence-electron chi connectivity index (χ3n) is 2.41. The number of hydrogen-bond donors (Lipinski definition) is 2. The van der Waals surface area contributed by atoms with Crippen LogP contribution in [0.15, 0.2) is 12.1 Å². The molecular formula is C11H10ClNO5. The van der Waals surface area contributed by atoms with Gasteiger partial charge in [0.05, 0.1) is 5.02 Å². The van der Waals surface area contributed by atoms with Gasteiger partial charge >= 0.3 is 5.97 Å². The summed E-state index contributed by atoms with van der Waals surface area (Å²) in [7, 11) is 0. The second kappa shape index (κ2) is 4.73. The molecule has 1 atom stereocenters. The molecule has 7 heteroatoms. The number of halogens is 1. The zero-order valence-corrected chi connectivity index (χ0v) is 10.2. The first kappa shape index (κ1) is 12.5. The molecule has 1 aromatic rings. The number of carbonyl (C=O) groups is 2. The number of benzene rings is 1. The summed E-state index contributed by atoms with van der Waals surface area (Å²) in [6.07, 6.45) is 0. The van der Waals surface area contributed by atoms with E-state index in [9.17, 15) is 9.59 Å². The normalized spacial score (nSPS) is 14.1. The molecule has 0 aromatic heterocycles. The van der Waals surface area contributed by atoms with Crippen LogP contribution < -0.4 is 14.8 Å². The van der Waals surface area contributed by atoms with Gasteiger partial charge in [-0.1, -0.05) is 11.6 Å². The van der Waals surface area contributed by atoms with E-state index in [1.165, 1.54) is 19.1 Å². The number of rotatable bonds is 3. The van der Waals surface area contributed by atoms with Crippen molar-refractivity contribution in [2.45, 2.75) is 13.0 Å². The van der Waals surface area contributed by atoms with Gasteiger partial charge in [-0.3, -0.25) is 9.59 Å². The molecule has 1 heterocycles. The van der Waals surface area contributed by atoms with Crippen LogP contribution in [0.3, 0.4) is 0 Å². The van der Waals surface area contributed by atoms with E-state index in [4.69, 9.17) is 26.2 Å². The van der Waals surface area contributed by atoms with Crippen molar-refractivity contribution in [1.29, 1.82) is 0 Å². The van der Waals surface area contributed by atoms with Gasteiger partial charge in [0.25, 0.3) is 5.91 Å². The van der Waals surface area contributed by atoms with E-state index in [1.807, 2.05) is 0 Å². The zero-order valence-electron chi connectivity index (χ0n) is 9.40. The average Bonchev–Trinajstić information content (AvgIpc) is 2.77. The van der Waals surface area contributed by atoms with Gasteiger partial charge < -0.3 is 19.9 Å². The molecular weight excluding hydrogens is 262 g/mol. The Bertz CT molecular complexity index is 516. The molecule has 0 saturated heterocycles. The van der Waals surface area contributed by atoms with E-state index in [1.54, 1.807) is 0 Å². The Kier molecular flexibility index (Phi) is 3.29. The third-order valence-corrected chi connectivity index (χ3v) is 2.69. The lowest BCUT2D eigenvalue weighted by molar-refractivity contribution is -0.138. The molecule has 0 aliphatic carbocycles. The summed E-state index contributed by atoms with van der Waals surface area (Å²) in [5.41, 5.74) is 0.220. The highest BCUT2D eigenvalue weighted by atomic mass is 35.5. The van der Waals surface area contributed by atoms with Gasteiger partial charge in [0.15, 0.2) is 11.5 Å². The molecule has 1 aromatic carbocycles. The van der Waals surface area contributed by atoms with E-state index in [0.717, 1.165) is 0 Å². The minimum atomic E-state index is -1.12. The fourth-order valence-corrected chi connectivity index (χ4v) is 1.71. The van der Waals surface area contributed by atoms with E-state index in [-0.39, 0.29) is 17.4 Å². The molecule has 0 fully saturated rings. The van der Waals surface area contributed by atoms with Crippen LogP contribution >= 0.6 is 11.6 Å². The van der Waals surface area contributed by atoms with Gasteiger partial charge in [0.2, 0.25) is 6.79 Å². The molecule has 2 rings (SSSR count). The number of aliphatic carboxylic acids is 1. The van der Waals surface area contributed by atoms with Crippen molar-refractivity contribution in [2.24, 2.45) is 0 Å². The average molecular weight is 272 g/mol. The summed E-state index contributed by atoms with van der Waals surface area (Å²) < 4.78 is 10.2. The second-order valence-corrected chi connectivity index (χ2v) is 4.13. The molecule has 0 saturated carbocycles. The lowest BCUT2D eigenvalue weighted by Crippen LogP contribution is -2.38. The van der Waals surface area contributed by atoms with Crippen molar-refractivity contribution in [3.8, 4) is 11.5 Å². The van der Waals surface area contributed by atoms with Crippen molar-refractivity contribution >= 4 is 23.5 Å². The smallest absolute Gasteiger partial charge is 0.325 e. The monoisotopic (exact) mass is 271 g/mol. The van der Waals surface area contributed by atoms with Gasteiger partial charge in [0.1, 0.15) is 6.04 Å². The molecule has 1 amide bonds. The minimum Gasteiger partial charge on any atom is -0.480 e. The maximum Gasteiger partial charge on any atom is 0.325 e. The Labute approximate surface area is 107 Å². The van der Waals surface area contributed by atoms with Crippen LogP contribution in [0.1, 0.15) is 17.3 Å². The fraction of sp³-hybridized carbons (Fsp3) is 0.273. The lowest BCUT2D eigenvalue weighted by Gasteiger charge is -2.10. The highest BCUT2D eigenvalue weighted by Crippen LogP contribution is 2.39. The van der Waals surface area contributed by atoms with Crippen LogP contribution in [-0.4, -0.2) is 29.8 Å². The predicted octanol–water partition coefficient (Wildman–Crippen LogP) is 1.27. The van der Waals surface area contributed by atoms with E-state index >= 15 is 0 Å². The summed E-state index contributed by atoms with van der Waals surface area (Å²) in [5, 5.41) is 11.3. The van der Waals surface area contributed by atoms with Gasteiger partial charge in [-0.15, -0.1) is 0 Å². The van der Waals surface area contributed by atoms with Crippen LogP contribution in [-0.2, 0) is 4.79 Å². The molecule has 96 valence electrons. The number of hydrogen-bond acceptors (Lipinski definition) is 4. The zero-order chi connectivity index (χ0) is 13.3.